The van der Waals surface area contributed by atoms with Crippen LogP contribution in [0.3, 0.4) is 0 Å². The van der Waals surface area contributed by atoms with Crippen LogP contribution in [0.15, 0.2) is 48.5 Å². The van der Waals surface area contributed by atoms with Gasteiger partial charge in [0.1, 0.15) is 0 Å². The summed E-state index contributed by atoms with van der Waals surface area (Å²) in [6.07, 6.45) is 0.117. The zero-order valence-corrected chi connectivity index (χ0v) is 16.2. The van der Waals surface area contributed by atoms with E-state index in [-0.39, 0.29) is 42.8 Å². The van der Waals surface area contributed by atoms with Crippen LogP contribution in [0.4, 0.5) is 5.69 Å². The van der Waals surface area contributed by atoms with E-state index in [1.807, 2.05) is 0 Å². The fraction of sp³-hybridized carbons (Fsp3) is 0.286. The van der Waals surface area contributed by atoms with Gasteiger partial charge in [-0.2, -0.15) is 0 Å². The lowest BCUT2D eigenvalue weighted by Crippen LogP contribution is -2.44. The molecule has 1 aliphatic heterocycles. The van der Waals surface area contributed by atoms with Gasteiger partial charge in [-0.3, -0.25) is 29.4 Å². The number of benzene rings is 2. The van der Waals surface area contributed by atoms with Crippen LogP contribution in [0.5, 0.6) is 0 Å². The van der Waals surface area contributed by atoms with Crippen LogP contribution >= 0.6 is 0 Å². The zero-order valence-electron chi connectivity index (χ0n) is 16.2. The number of amides is 3. The van der Waals surface area contributed by atoms with E-state index in [0.717, 1.165) is 4.90 Å². The second-order valence-electron chi connectivity index (χ2n) is 6.97. The highest BCUT2D eigenvalue weighted by atomic mass is 16.6. The average molecular weight is 395 g/mol. The lowest BCUT2D eigenvalue weighted by molar-refractivity contribution is -0.384. The van der Waals surface area contributed by atoms with Crippen molar-refractivity contribution in [1.82, 2.24) is 9.80 Å². The number of hydrogen-bond acceptors (Lipinski definition) is 5. The third-order valence-electron chi connectivity index (χ3n) is 5.22. The maximum atomic E-state index is 12.6. The molecule has 2 aromatic rings. The number of nitro benzene ring substituents is 1. The second-order valence-corrected chi connectivity index (χ2v) is 6.97. The van der Waals surface area contributed by atoms with E-state index < -0.39 is 11.0 Å². The van der Waals surface area contributed by atoms with Crippen LogP contribution < -0.4 is 0 Å². The van der Waals surface area contributed by atoms with Crippen molar-refractivity contribution in [2.75, 3.05) is 13.6 Å². The van der Waals surface area contributed by atoms with Crippen LogP contribution in [0.25, 0.3) is 0 Å². The molecule has 0 bridgehead atoms. The smallest absolute Gasteiger partial charge is 0.269 e. The first kappa shape index (κ1) is 20.2. The lowest BCUT2D eigenvalue weighted by Gasteiger charge is -2.29. The number of rotatable bonds is 6. The highest BCUT2D eigenvalue weighted by Crippen LogP contribution is 2.24. The second kappa shape index (κ2) is 8.22. The van der Waals surface area contributed by atoms with E-state index in [4.69, 9.17) is 0 Å². The van der Waals surface area contributed by atoms with Gasteiger partial charge in [0.25, 0.3) is 11.6 Å². The van der Waals surface area contributed by atoms with Crippen LogP contribution in [0.1, 0.15) is 40.9 Å². The van der Waals surface area contributed by atoms with Gasteiger partial charge >= 0.3 is 0 Å². The summed E-state index contributed by atoms with van der Waals surface area (Å²) in [5.41, 5.74) is 1.77. The van der Waals surface area contributed by atoms with Crippen molar-refractivity contribution in [2.45, 2.75) is 25.8 Å². The molecule has 0 aliphatic carbocycles. The third kappa shape index (κ3) is 4.16. The highest BCUT2D eigenvalue weighted by molar-refractivity contribution is 6.09. The molecule has 29 heavy (non-hydrogen) atoms. The Labute approximate surface area is 167 Å². The van der Waals surface area contributed by atoms with E-state index in [9.17, 15) is 24.5 Å². The molecule has 0 fully saturated rings. The van der Waals surface area contributed by atoms with Gasteiger partial charge in [-0.15, -0.1) is 0 Å². The van der Waals surface area contributed by atoms with Gasteiger partial charge in [-0.1, -0.05) is 30.3 Å². The van der Waals surface area contributed by atoms with Crippen molar-refractivity contribution >= 4 is 23.4 Å². The molecule has 0 spiro atoms. The maximum Gasteiger partial charge on any atom is 0.269 e. The molecule has 8 heteroatoms. The molecule has 8 nitrogen and oxygen atoms in total. The molecule has 1 atom stereocenters. The number of nitrogens with zero attached hydrogens (tertiary/aromatic N) is 3. The van der Waals surface area contributed by atoms with Gasteiger partial charge in [-0.05, 0) is 24.1 Å². The van der Waals surface area contributed by atoms with E-state index in [0.29, 0.717) is 16.7 Å². The molecular formula is C21H21N3O5. The van der Waals surface area contributed by atoms with E-state index in [1.54, 1.807) is 50.4 Å². The SMILES string of the molecule is C[C@@H](c1cccc([N+](=O)[O-])c1)N(C)C(=O)CCN1C(=O)Cc2ccccc2C1=O. The van der Waals surface area contributed by atoms with Crippen molar-refractivity contribution in [3.63, 3.8) is 0 Å². The first-order valence-corrected chi connectivity index (χ1v) is 9.22. The Morgan fingerprint density at radius 1 is 1.21 bits per heavy atom. The van der Waals surface area contributed by atoms with Crippen LogP contribution in [0.2, 0.25) is 0 Å². The molecule has 0 saturated heterocycles. The third-order valence-corrected chi connectivity index (χ3v) is 5.22. The Balaban J connectivity index is 1.66. The van der Waals surface area contributed by atoms with E-state index >= 15 is 0 Å². The number of imide groups is 1. The largest absolute Gasteiger partial charge is 0.339 e. The van der Waals surface area contributed by atoms with Crippen molar-refractivity contribution in [3.05, 3.63) is 75.3 Å². The van der Waals surface area contributed by atoms with Crippen molar-refractivity contribution in [2.24, 2.45) is 0 Å². The first-order valence-electron chi connectivity index (χ1n) is 9.22. The monoisotopic (exact) mass is 395 g/mol. The van der Waals surface area contributed by atoms with E-state index in [1.165, 1.54) is 17.0 Å². The van der Waals surface area contributed by atoms with Crippen LogP contribution in [0, 0.1) is 10.1 Å². The summed E-state index contributed by atoms with van der Waals surface area (Å²) >= 11 is 0. The summed E-state index contributed by atoms with van der Waals surface area (Å²) in [5.74, 6) is -0.974. The van der Waals surface area contributed by atoms with Crippen molar-refractivity contribution < 1.29 is 19.3 Å². The Morgan fingerprint density at radius 2 is 1.93 bits per heavy atom. The van der Waals surface area contributed by atoms with E-state index in [2.05, 4.69) is 0 Å². The van der Waals surface area contributed by atoms with Gasteiger partial charge in [0, 0.05) is 37.7 Å². The molecule has 0 saturated carbocycles. The number of carbonyl (C=O) groups excluding carboxylic acids is 3. The maximum absolute atomic E-state index is 12.6. The van der Waals surface area contributed by atoms with Gasteiger partial charge in [0.05, 0.1) is 17.4 Å². The molecule has 0 unspecified atom stereocenters. The van der Waals surface area contributed by atoms with Gasteiger partial charge < -0.3 is 4.90 Å². The summed E-state index contributed by atoms with van der Waals surface area (Å²) in [6, 6.07) is 12.7. The molecule has 0 aromatic heterocycles. The molecular weight excluding hydrogens is 374 g/mol. The molecule has 0 N–H and O–H groups in total. The van der Waals surface area contributed by atoms with Gasteiger partial charge in [0.15, 0.2) is 0 Å². The minimum atomic E-state index is -0.483. The number of carbonyl (C=O) groups is 3. The predicted octanol–water partition coefficient (Wildman–Crippen LogP) is 2.73. The summed E-state index contributed by atoms with van der Waals surface area (Å²) in [7, 11) is 1.60. The molecule has 3 amide bonds. The molecule has 3 rings (SSSR count). The van der Waals surface area contributed by atoms with Gasteiger partial charge in [0.2, 0.25) is 11.8 Å². The van der Waals surface area contributed by atoms with Crippen molar-refractivity contribution in [1.29, 1.82) is 0 Å². The fourth-order valence-corrected chi connectivity index (χ4v) is 3.35. The summed E-state index contributed by atoms with van der Waals surface area (Å²) in [5, 5.41) is 11.0. The molecule has 2 aromatic carbocycles. The Hall–Kier alpha value is -3.55. The van der Waals surface area contributed by atoms with Crippen LogP contribution in [-0.2, 0) is 16.0 Å². The quantitative estimate of drug-likeness (QED) is 0.425. The van der Waals surface area contributed by atoms with Crippen LogP contribution in [-0.4, -0.2) is 46.0 Å². The average Bonchev–Trinajstić information content (AvgIpc) is 2.72. The molecule has 1 aliphatic rings. The number of nitro groups is 1. The Morgan fingerprint density at radius 3 is 2.66 bits per heavy atom. The standard InChI is InChI=1S/C21H21N3O5/c1-14(15-7-5-8-17(12-15)24(28)29)22(2)19(25)10-11-23-20(26)13-16-6-3-4-9-18(16)21(23)27/h3-9,12,14H,10-11,13H2,1-2H3/t14-/m0/s1. The molecule has 150 valence electrons. The number of hydrogen-bond donors (Lipinski definition) is 0. The minimum Gasteiger partial charge on any atom is -0.339 e. The van der Waals surface area contributed by atoms with Crippen molar-refractivity contribution in [3.8, 4) is 0 Å². The Kier molecular flexibility index (Phi) is 5.72. The molecule has 1 heterocycles. The Bertz CT molecular complexity index is 988. The normalized spacial score (nSPS) is 14.3. The fourth-order valence-electron chi connectivity index (χ4n) is 3.35. The topological polar surface area (TPSA) is 101 Å². The summed E-state index contributed by atoms with van der Waals surface area (Å²) < 4.78 is 0. The summed E-state index contributed by atoms with van der Waals surface area (Å²) in [6.45, 7) is 1.77. The lowest BCUT2D eigenvalue weighted by atomic mass is 9.98. The minimum absolute atomic E-state index is 0.00314. The zero-order chi connectivity index (χ0) is 21.1. The first-order chi connectivity index (χ1) is 13.8. The predicted molar refractivity (Wildman–Crippen MR) is 105 cm³/mol. The summed E-state index contributed by atoms with van der Waals surface area (Å²) in [4.78, 5) is 50.6. The highest BCUT2D eigenvalue weighted by Gasteiger charge is 2.31. The van der Waals surface area contributed by atoms with Gasteiger partial charge in [-0.25, -0.2) is 0 Å². The molecule has 0 radical (unpaired) electrons. The number of non-ortho nitro benzene ring substituents is 1. The number of fused-ring (bicyclic) bond motifs is 1.